The van der Waals surface area contributed by atoms with Gasteiger partial charge in [0.1, 0.15) is 6.23 Å². The van der Waals surface area contributed by atoms with Crippen LogP contribution in [-0.4, -0.2) is 17.3 Å². The zero-order valence-corrected chi connectivity index (χ0v) is 13.7. The summed E-state index contributed by atoms with van der Waals surface area (Å²) in [6.07, 6.45) is 14.6. The summed E-state index contributed by atoms with van der Waals surface area (Å²) >= 11 is 0. The molecular weight excluding hydrogens is 273 g/mol. The van der Waals surface area contributed by atoms with Crippen LogP contribution in [0.3, 0.4) is 0 Å². The first kappa shape index (κ1) is 18.2. The zero-order chi connectivity index (χ0) is 14.7. The van der Waals surface area contributed by atoms with E-state index in [1.165, 1.54) is 44.9 Å². The minimum atomic E-state index is -3.47. The van der Waals surface area contributed by atoms with Crippen LogP contribution in [0.25, 0.3) is 0 Å². The first-order chi connectivity index (χ1) is 9.60. The quantitative estimate of drug-likeness (QED) is 0.644. The topological polar surface area (TPSA) is 72.6 Å². The first-order valence-corrected chi connectivity index (χ1v) is 10.1. The highest BCUT2D eigenvalue weighted by atomic mass is 31.2. The zero-order valence-electron chi connectivity index (χ0n) is 12.8. The largest absolute Gasteiger partial charge is 0.329 e. The Bertz CT molecular complexity index is 286. The predicted octanol–water partition coefficient (Wildman–Crippen LogP) is 4.56. The highest BCUT2D eigenvalue weighted by molar-refractivity contribution is 7.52. The molecule has 4 nitrogen and oxygen atoms in total. The highest BCUT2D eigenvalue weighted by Crippen LogP contribution is 2.44. The van der Waals surface area contributed by atoms with Crippen LogP contribution in [0, 0.1) is 0 Å². The Labute approximate surface area is 124 Å². The molecule has 2 atom stereocenters. The lowest BCUT2D eigenvalue weighted by Crippen LogP contribution is -2.22. The Morgan fingerprint density at radius 3 is 1.70 bits per heavy atom. The fraction of sp³-hybridized carbons (Fsp3) is 1.00. The summed E-state index contributed by atoms with van der Waals surface area (Å²) in [6, 6.07) is 0. The van der Waals surface area contributed by atoms with E-state index >= 15 is 0 Å². The van der Waals surface area contributed by atoms with Crippen LogP contribution in [0.5, 0.6) is 0 Å². The lowest BCUT2D eigenvalue weighted by molar-refractivity contribution is 0.167. The third kappa shape index (κ3) is 9.93. The van der Waals surface area contributed by atoms with Gasteiger partial charge < -0.3 is 10.6 Å². The van der Waals surface area contributed by atoms with Gasteiger partial charge in [0.05, 0.1) is 6.16 Å². The number of nitrogens with two attached hydrogens (primary N) is 1. The number of hydrogen-bond acceptors (Lipinski definition) is 3. The summed E-state index contributed by atoms with van der Waals surface area (Å²) in [7, 11) is -3.47. The summed E-state index contributed by atoms with van der Waals surface area (Å²) in [5, 5.41) is 0. The molecule has 0 radical (unpaired) electrons. The maximum Gasteiger partial charge on any atom is 0.329 e. The second kappa shape index (κ2) is 10.8. The van der Waals surface area contributed by atoms with Crippen molar-refractivity contribution < 1.29 is 14.0 Å². The van der Waals surface area contributed by atoms with Crippen LogP contribution in [0.15, 0.2) is 0 Å². The molecule has 3 N–H and O–H groups in total. The summed E-state index contributed by atoms with van der Waals surface area (Å²) in [5.74, 6) is 0. The van der Waals surface area contributed by atoms with Gasteiger partial charge in [0.2, 0.25) is 0 Å². The average molecular weight is 305 g/mol. The molecule has 1 heterocycles. The first-order valence-electron chi connectivity index (χ1n) is 8.36. The number of hydrogen-bond donors (Lipinski definition) is 2. The minimum Gasteiger partial charge on any atom is -0.324 e. The molecule has 120 valence electrons. The lowest BCUT2D eigenvalue weighted by Gasteiger charge is -2.17. The SMILES string of the molecule is NC1CCCCCCCCCCCCCCP(=O)(O)O1. The van der Waals surface area contributed by atoms with Gasteiger partial charge in [-0.25, -0.2) is 0 Å². The molecule has 0 bridgehead atoms. The normalized spacial score (nSPS) is 33.4. The van der Waals surface area contributed by atoms with E-state index in [4.69, 9.17) is 10.3 Å². The van der Waals surface area contributed by atoms with Crippen LogP contribution in [-0.2, 0) is 9.09 Å². The van der Waals surface area contributed by atoms with Crippen molar-refractivity contribution in [2.75, 3.05) is 6.16 Å². The van der Waals surface area contributed by atoms with E-state index in [1.807, 2.05) is 0 Å². The van der Waals surface area contributed by atoms with E-state index in [1.54, 1.807) is 0 Å². The molecule has 0 aromatic heterocycles. The Kier molecular flexibility index (Phi) is 9.79. The molecule has 0 saturated carbocycles. The third-order valence-corrected chi connectivity index (χ3v) is 5.46. The van der Waals surface area contributed by atoms with Gasteiger partial charge in [-0.2, -0.15) is 0 Å². The van der Waals surface area contributed by atoms with Gasteiger partial charge in [0.15, 0.2) is 0 Å². The molecule has 1 aliphatic heterocycles. The third-order valence-electron chi connectivity index (χ3n) is 3.98. The Morgan fingerprint density at radius 2 is 1.20 bits per heavy atom. The van der Waals surface area contributed by atoms with Gasteiger partial charge in [-0.3, -0.25) is 9.09 Å². The van der Waals surface area contributed by atoms with E-state index in [0.29, 0.717) is 6.42 Å². The highest BCUT2D eigenvalue weighted by Gasteiger charge is 2.22. The maximum atomic E-state index is 11.9. The van der Waals surface area contributed by atoms with Gasteiger partial charge in [-0.1, -0.05) is 64.2 Å². The summed E-state index contributed by atoms with van der Waals surface area (Å²) in [6.45, 7) is 0. The summed E-state index contributed by atoms with van der Waals surface area (Å²) in [5.41, 5.74) is 5.79. The minimum absolute atomic E-state index is 0.251. The smallest absolute Gasteiger partial charge is 0.324 e. The summed E-state index contributed by atoms with van der Waals surface area (Å²) < 4.78 is 17.0. The maximum absolute atomic E-state index is 11.9. The van der Waals surface area contributed by atoms with Crippen molar-refractivity contribution in [3.8, 4) is 0 Å². The van der Waals surface area contributed by atoms with Crippen molar-refractivity contribution in [1.82, 2.24) is 0 Å². The number of rotatable bonds is 0. The second-order valence-corrected chi connectivity index (χ2v) is 7.97. The van der Waals surface area contributed by atoms with Gasteiger partial charge in [0.25, 0.3) is 0 Å². The fourth-order valence-corrected chi connectivity index (χ4v) is 4.00. The van der Waals surface area contributed by atoms with Crippen molar-refractivity contribution >= 4 is 7.60 Å². The second-order valence-electron chi connectivity index (χ2n) is 6.04. The standard InChI is InChI=1S/C15H32NO3P/c16-15-13-11-9-7-5-3-1-2-4-6-8-10-12-14-20(17,18)19-15/h15H,1-14,16H2,(H,17,18). The Hall–Kier alpha value is 0.110. The van der Waals surface area contributed by atoms with E-state index < -0.39 is 13.8 Å². The van der Waals surface area contributed by atoms with E-state index in [9.17, 15) is 9.46 Å². The van der Waals surface area contributed by atoms with Crippen LogP contribution in [0.1, 0.15) is 83.5 Å². The van der Waals surface area contributed by atoms with E-state index in [0.717, 1.165) is 32.1 Å². The summed E-state index contributed by atoms with van der Waals surface area (Å²) in [4.78, 5) is 9.75. The van der Waals surface area contributed by atoms with Gasteiger partial charge in [-0.15, -0.1) is 0 Å². The molecule has 5 heteroatoms. The Balaban J connectivity index is 2.32. The van der Waals surface area contributed by atoms with Crippen LogP contribution in [0.4, 0.5) is 0 Å². The van der Waals surface area contributed by atoms with Crippen molar-refractivity contribution in [1.29, 1.82) is 0 Å². The molecule has 2 unspecified atom stereocenters. The van der Waals surface area contributed by atoms with Gasteiger partial charge in [-0.05, 0) is 19.3 Å². The predicted molar refractivity (Wildman–Crippen MR) is 83.8 cm³/mol. The van der Waals surface area contributed by atoms with E-state index in [-0.39, 0.29) is 6.16 Å². The van der Waals surface area contributed by atoms with Crippen molar-refractivity contribution in [3.05, 3.63) is 0 Å². The van der Waals surface area contributed by atoms with Crippen LogP contribution < -0.4 is 5.73 Å². The van der Waals surface area contributed by atoms with Crippen LogP contribution >= 0.6 is 7.60 Å². The molecule has 0 spiro atoms. The molecular formula is C15H32NO3P. The van der Waals surface area contributed by atoms with Crippen molar-refractivity contribution in [2.45, 2.75) is 89.7 Å². The molecule has 0 aromatic rings. The molecule has 0 aromatic carbocycles. The molecule has 1 saturated heterocycles. The van der Waals surface area contributed by atoms with Gasteiger partial charge in [0, 0.05) is 0 Å². The van der Waals surface area contributed by atoms with E-state index in [2.05, 4.69) is 0 Å². The fourth-order valence-electron chi connectivity index (χ4n) is 2.74. The average Bonchev–Trinajstić information content (AvgIpc) is 2.37. The van der Waals surface area contributed by atoms with Crippen molar-refractivity contribution in [2.24, 2.45) is 5.73 Å². The molecule has 1 rings (SSSR count). The van der Waals surface area contributed by atoms with Crippen LogP contribution in [0.2, 0.25) is 0 Å². The van der Waals surface area contributed by atoms with Crippen molar-refractivity contribution in [3.63, 3.8) is 0 Å². The monoisotopic (exact) mass is 305 g/mol. The molecule has 1 fully saturated rings. The van der Waals surface area contributed by atoms with Gasteiger partial charge >= 0.3 is 7.60 Å². The molecule has 20 heavy (non-hydrogen) atoms. The Morgan fingerprint density at radius 1 is 0.800 bits per heavy atom. The molecule has 0 amide bonds. The molecule has 0 aliphatic carbocycles. The lowest BCUT2D eigenvalue weighted by atomic mass is 10.0. The molecule has 1 aliphatic rings.